The fraction of sp³-hybridized carbons (Fsp3) is 0.125. The van der Waals surface area contributed by atoms with Crippen LogP contribution in [0.3, 0.4) is 0 Å². The van der Waals surface area contributed by atoms with Crippen LogP contribution in [0.2, 0.25) is 5.02 Å². The van der Waals surface area contributed by atoms with Crippen molar-refractivity contribution in [3.63, 3.8) is 0 Å². The van der Waals surface area contributed by atoms with Crippen molar-refractivity contribution < 1.29 is 9.72 Å². The monoisotopic (exact) mass is 480 g/mol. The number of benzene rings is 2. The van der Waals surface area contributed by atoms with Gasteiger partial charge in [-0.2, -0.15) is 0 Å². The number of alkyl halides is 3. The molecule has 0 aliphatic heterocycles. The molecule has 2 aromatic carbocycles. The Morgan fingerprint density at radius 1 is 1.11 bits per heavy atom. The average molecular weight is 482 g/mol. The molecule has 0 heterocycles. The Balaban J connectivity index is 2.09. The van der Waals surface area contributed by atoms with Crippen molar-refractivity contribution in [2.45, 2.75) is 9.96 Å². The number of hydrogen-bond acceptors (Lipinski definition) is 4. The van der Waals surface area contributed by atoms with E-state index in [4.69, 9.17) is 58.6 Å². The molecule has 3 N–H and O–H groups in total. The van der Waals surface area contributed by atoms with Crippen molar-refractivity contribution in [3.05, 3.63) is 69.2 Å². The van der Waals surface area contributed by atoms with E-state index in [1.165, 1.54) is 30.3 Å². The van der Waals surface area contributed by atoms with Crippen molar-refractivity contribution in [3.8, 4) is 0 Å². The lowest BCUT2D eigenvalue weighted by atomic mass is 10.2. The van der Waals surface area contributed by atoms with Gasteiger partial charge in [0.05, 0.1) is 4.92 Å². The maximum atomic E-state index is 12.4. The van der Waals surface area contributed by atoms with Crippen molar-refractivity contribution in [2.24, 2.45) is 0 Å². The number of thiocarbonyl (C=S) groups is 1. The Hall–Kier alpha value is -1.84. The second-order valence-corrected chi connectivity index (χ2v) is 8.58. The van der Waals surface area contributed by atoms with E-state index in [2.05, 4.69) is 16.0 Å². The fourth-order valence-corrected chi connectivity index (χ4v) is 2.79. The summed E-state index contributed by atoms with van der Waals surface area (Å²) >= 11 is 28.8. The van der Waals surface area contributed by atoms with E-state index in [0.717, 1.165) is 0 Å². The quantitative estimate of drug-likeness (QED) is 0.189. The molecular formula is C16H12Cl4N4O3S. The highest BCUT2D eigenvalue weighted by molar-refractivity contribution is 7.80. The van der Waals surface area contributed by atoms with Crippen LogP contribution in [0.5, 0.6) is 0 Å². The minimum absolute atomic E-state index is 0.0248. The van der Waals surface area contributed by atoms with Crippen molar-refractivity contribution in [1.82, 2.24) is 10.6 Å². The minimum Gasteiger partial charge on any atom is -0.339 e. The molecule has 28 heavy (non-hydrogen) atoms. The third-order valence-corrected chi connectivity index (χ3v) is 4.39. The number of non-ortho nitro benzene ring substituents is 1. The molecule has 148 valence electrons. The molecule has 2 aromatic rings. The molecule has 0 aliphatic rings. The lowest BCUT2D eigenvalue weighted by Gasteiger charge is -2.27. The molecule has 0 saturated carbocycles. The van der Waals surface area contributed by atoms with Crippen LogP contribution in [0.1, 0.15) is 10.4 Å². The molecule has 7 nitrogen and oxygen atoms in total. The van der Waals surface area contributed by atoms with Crippen molar-refractivity contribution >= 4 is 81.0 Å². The number of carbonyl (C=O) groups is 1. The smallest absolute Gasteiger partial charge is 0.271 e. The van der Waals surface area contributed by atoms with Gasteiger partial charge in [-0.05, 0) is 36.5 Å². The molecule has 0 radical (unpaired) electrons. The van der Waals surface area contributed by atoms with E-state index in [0.29, 0.717) is 10.7 Å². The van der Waals surface area contributed by atoms with E-state index < -0.39 is 20.8 Å². The molecule has 0 unspecified atom stereocenters. The lowest BCUT2D eigenvalue weighted by molar-refractivity contribution is -0.384. The molecule has 1 amide bonds. The van der Waals surface area contributed by atoms with Crippen LogP contribution in [0.15, 0.2) is 48.5 Å². The van der Waals surface area contributed by atoms with Gasteiger partial charge in [-0.25, -0.2) is 0 Å². The van der Waals surface area contributed by atoms with Crippen LogP contribution in [-0.2, 0) is 0 Å². The molecule has 0 saturated heterocycles. The topological polar surface area (TPSA) is 96.3 Å². The number of carbonyl (C=O) groups excluding carboxylic acids is 1. The molecular weight excluding hydrogens is 470 g/mol. The lowest BCUT2D eigenvalue weighted by Crippen LogP contribution is -2.56. The first-order chi connectivity index (χ1) is 13.1. The van der Waals surface area contributed by atoms with Gasteiger partial charge in [-0.1, -0.05) is 58.5 Å². The number of anilines is 1. The van der Waals surface area contributed by atoms with E-state index >= 15 is 0 Å². The number of rotatable bonds is 5. The number of hydrogen-bond donors (Lipinski definition) is 3. The highest BCUT2D eigenvalue weighted by Crippen LogP contribution is 2.29. The van der Waals surface area contributed by atoms with Crippen LogP contribution in [0, 0.1) is 10.1 Å². The van der Waals surface area contributed by atoms with Gasteiger partial charge in [0.25, 0.3) is 11.6 Å². The van der Waals surface area contributed by atoms with Gasteiger partial charge in [0.2, 0.25) is 3.79 Å². The summed E-state index contributed by atoms with van der Waals surface area (Å²) in [6.45, 7) is 0. The van der Waals surface area contributed by atoms with Gasteiger partial charge in [0, 0.05) is 28.4 Å². The Bertz CT molecular complexity index is 907. The second kappa shape index (κ2) is 9.58. The summed E-state index contributed by atoms with van der Waals surface area (Å²) in [7, 11) is 0. The van der Waals surface area contributed by atoms with Crippen LogP contribution in [-0.4, -0.2) is 25.9 Å². The minimum atomic E-state index is -1.96. The summed E-state index contributed by atoms with van der Waals surface area (Å²) in [5, 5.41) is 19.1. The van der Waals surface area contributed by atoms with E-state index in [1.807, 2.05) is 0 Å². The van der Waals surface area contributed by atoms with E-state index in [9.17, 15) is 14.9 Å². The maximum absolute atomic E-state index is 12.4. The third kappa shape index (κ3) is 6.65. The summed E-state index contributed by atoms with van der Waals surface area (Å²) in [6, 6.07) is 11.9. The average Bonchev–Trinajstić information content (AvgIpc) is 2.60. The standard InChI is InChI=1S/C16H12Cl4N4O3S/c17-10-4-1-3-9(7-10)13(25)22-14(16(18,19)20)23-15(28)21-11-5-2-6-12(8-11)24(26)27/h1-8,14H,(H,22,25)(H2,21,23,28)/t14-/m1/s1. The van der Waals surface area contributed by atoms with Crippen LogP contribution < -0.4 is 16.0 Å². The summed E-state index contributed by atoms with van der Waals surface area (Å²) in [4.78, 5) is 22.7. The number of nitrogens with zero attached hydrogens (tertiary/aromatic N) is 1. The second-order valence-electron chi connectivity index (χ2n) is 5.36. The van der Waals surface area contributed by atoms with E-state index in [-0.39, 0.29) is 16.4 Å². The van der Waals surface area contributed by atoms with Crippen LogP contribution in [0.4, 0.5) is 11.4 Å². The molecule has 0 fully saturated rings. The van der Waals surface area contributed by atoms with Gasteiger partial charge in [-0.15, -0.1) is 0 Å². The maximum Gasteiger partial charge on any atom is 0.271 e. The van der Waals surface area contributed by atoms with E-state index in [1.54, 1.807) is 18.2 Å². The van der Waals surface area contributed by atoms with Gasteiger partial charge in [-0.3, -0.25) is 14.9 Å². The Kier molecular flexibility index (Phi) is 7.68. The molecule has 0 aromatic heterocycles. The largest absolute Gasteiger partial charge is 0.339 e. The fourth-order valence-electron chi connectivity index (χ4n) is 2.04. The zero-order chi connectivity index (χ0) is 20.9. The molecule has 0 aliphatic carbocycles. The summed E-state index contributed by atoms with van der Waals surface area (Å²) in [6.07, 6.45) is -1.21. The number of nitrogens with one attached hydrogen (secondary N) is 3. The highest BCUT2D eigenvalue weighted by atomic mass is 35.6. The van der Waals surface area contributed by atoms with Gasteiger partial charge in [0.15, 0.2) is 5.11 Å². The molecule has 2 rings (SSSR count). The van der Waals surface area contributed by atoms with Gasteiger partial charge < -0.3 is 16.0 Å². The summed E-state index contributed by atoms with van der Waals surface area (Å²) < 4.78 is -1.96. The Morgan fingerprint density at radius 3 is 2.39 bits per heavy atom. The zero-order valence-corrected chi connectivity index (χ0v) is 17.6. The normalized spacial score (nSPS) is 12.0. The summed E-state index contributed by atoms with van der Waals surface area (Å²) in [5.74, 6) is -0.551. The predicted octanol–water partition coefficient (Wildman–Crippen LogP) is 4.66. The number of amides is 1. The third-order valence-electron chi connectivity index (χ3n) is 3.28. The van der Waals surface area contributed by atoms with Crippen LogP contribution in [0.25, 0.3) is 0 Å². The molecule has 1 atom stereocenters. The zero-order valence-electron chi connectivity index (χ0n) is 13.8. The molecule has 12 heteroatoms. The highest BCUT2D eigenvalue weighted by Gasteiger charge is 2.35. The van der Waals surface area contributed by atoms with Gasteiger partial charge >= 0.3 is 0 Å². The number of halogens is 4. The van der Waals surface area contributed by atoms with Crippen LogP contribution >= 0.6 is 58.6 Å². The Morgan fingerprint density at radius 2 is 1.79 bits per heavy atom. The van der Waals surface area contributed by atoms with Crippen molar-refractivity contribution in [1.29, 1.82) is 0 Å². The number of nitro groups is 1. The first-order valence-electron chi connectivity index (χ1n) is 7.51. The van der Waals surface area contributed by atoms with Gasteiger partial charge in [0.1, 0.15) is 6.17 Å². The number of nitro benzene ring substituents is 1. The summed E-state index contributed by atoms with van der Waals surface area (Å²) in [5.41, 5.74) is 0.474. The Labute approximate surface area is 185 Å². The first kappa shape index (κ1) is 22.4. The SMILES string of the molecule is O=C(N[C@H](NC(=S)Nc1cccc([N+](=O)[O-])c1)C(Cl)(Cl)Cl)c1cccc(Cl)c1. The molecule has 0 spiro atoms. The predicted molar refractivity (Wildman–Crippen MR) is 115 cm³/mol. The first-order valence-corrected chi connectivity index (χ1v) is 9.43. The van der Waals surface area contributed by atoms with Crippen molar-refractivity contribution in [2.75, 3.05) is 5.32 Å². The molecule has 0 bridgehead atoms.